The molecule has 3 N–H and O–H groups in total. The minimum atomic E-state index is -0.662. The summed E-state index contributed by atoms with van der Waals surface area (Å²) in [4.78, 5) is 24.5. The molecule has 0 spiro atoms. The quantitative estimate of drug-likeness (QED) is 0.0321. The van der Waals surface area contributed by atoms with Gasteiger partial charge < -0.3 is 20.3 Å². The van der Waals surface area contributed by atoms with Gasteiger partial charge >= 0.3 is 5.97 Å². The summed E-state index contributed by atoms with van der Waals surface area (Å²) in [5.41, 5.74) is 0. The highest BCUT2D eigenvalue weighted by atomic mass is 16.5. The molecule has 6 heteroatoms. The number of nitrogens with one attached hydrogen (secondary N) is 1. The molecule has 0 heterocycles. The second-order valence-corrected chi connectivity index (χ2v) is 21.7. The number of hydrogen-bond acceptors (Lipinski definition) is 5. The van der Waals surface area contributed by atoms with Gasteiger partial charge in [0, 0.05) is 12.8 Å². The number of hydrogen-bond donors (Lipinski definition) is 3. The number of carbonyl (C=O) groups is 2. The second-order valence-electron chi connectivity index (χ2n) is 21.7. The van der Waals surface area contributed by atoms with E-state index in [-0.39, 0.29) is 18.5 Å². The fraction of sp³-hybridized carbons (Fsp3) is 0.906. The number of aliphatic hydroxyl groups is 2. The van der Waals surface area contributed by atoms with Crippen LogP contribution in [0.15, 0.2) is 24.3 Å². The Kier molecular flexibility index (Phi) is 58.5. The second kappa shape index (κ2) is 59.9. The fourth-order valence-electron chi connectivity index (χ4n) is 9.91. The van der Waals surface area contributed by atoms with Gasteiger partial charge in [0.05, 0.1) is 25.4 Å². The van der Waals surface area contributed by atoms with Gasteiger partial charge in [-0.25, -0.2) is 0 Å². The number of ether oxygens (including phenoxy) is 1. The first-order valence-electron chi connectivity index (χ1n) is 31.6. The Balaban J connectivity index is 3.34. The first-order valence-corrected chi connectivity index (χ1v) is 31.6. The van der Waals surface area contributed by atoms with Gasteiger partial charge in [0.2, 0.25) is 5.91 Å². The monoisotopic (exact) mass is 986 g/mol. The van der Waals surface area contributed by atoms with Gasteiger partial charge in [-0.15, -0.1) is 0 Å². The van der Waals surface area contributed by atoms with Crippen molar-refractivity contribution in [1.82, 2.24) is 5.32 Å². The molecule has 6 nitrogen and oxygen atoms in total. The van der Waals surface area contributed by atoms with E-state index in [1.807, 2.05) is 0 Å². The Bertz CT molecular complexity index is 1090. The third-order valence-corrected chi connectivity index (χ3v) is 14.8. The molecule has 0 bridgehead atoms. The summed E-state index contributed by atoms with van der Waals surface area (Å²) in [6.07, 6.45) is 73.4. The van der Waals surface area contributed by atoms with Crippen LogP contribution < -0.4 is 5.32 Å². The molecule has 0 rings (SSSR count). The molecule has 0 aromatic carbocycles. The number of unbranched alkanes of at least 4 members (excludes halogenated alkanes) is 44. The van der Waals surface area contributed by atoms with Gasteiger partial charge in [0.25, 0.3) is 0 Å². The predicted molar refractivity (Wildman–Crippen MR) is 306 cm³/mol. The maximum atomic E-state index is 12.5. The van der Waals surface area contributed by atoms with Gasteiger partial charge in [-0.2, -0.15) is 0 Å². The van der Waals surface area contributed by atoms with Crippen LogP contribution in [-0.4, -0.2) is 47.4 Å². The van der Waals surface area contributed by atoms with E-state index in [4.69, 9.17) is 4.74 Å². The lowest BCUT2D eigenvalue weighted by molar-refractivity contribution is -0.143. The van der Waals surface area contributed by atoms with Crippen molar-refractivity contribution in [3.63, 3.8) is 0 Å². The molecule has 0 saturated carbocycles. The average Bonchev–Trinajstić information content (AvgIpc) is 3.36. The standard InChI is InChI=1S/C64H123NO5/c1-3-5-7-9-11-13-15-17-18-31-34-38-42-46-50-54-58-64(69)70-59-55-51-47-43-39-35-32-29-27-25-23-21-19-20-22-24-26-28-30-33-37-41-45-49-53-57-63(68)65-61(60-66)62(67)56-52-48-44-40-36-16-14-12-10-8-6-4-2/h13,15,18,31,61-62,66-67H,3-12,14,16-17,19-30,32-60H2,1-2H3,(H,65,68)/b15-13-,31-18-. The van der Waals surface area contributed by atoms with E-state index in [1.54, 1.807) is 0 Å². The van der Waals surface area contributed by atoms with Gasteiger partial charge in [-0.3, -0.25) is 9.59 Å². The molecule has 0 fully saturated rings. The van der Waals surface area contributed by atoms with Crippen LogP contribution in [0.1, 0.15) is 348 Å². The number of allylic oxidation sites excluding steroid dienone is 4. The molecule has 0 aliphatic rings. The van der Waals surface area contributed by atoms with E-state index in [9.17, 15) is 19.8 Å². The Morgan fingerprint density at radius 1 is 0.400 bits per heavy atom. The zero-order valence-electron chi connectivity index (χ0n) is 47.3. The number of amides is 1. The summed E-state index contributed by atoms with van der Waals surface area (Å²) in [7, 11) is 0. The molecule has 414 valence electrons. The largest absolute Gasteiger partial charge is 0.466 e. The third kappa shape index (κ3) is 55.7. The zero-order valence-corrected chi connectivity index (χ0v) is 47.3. The Hall–Kier alpha value is -1.66. The van der Waals surface area contributed by atoms with E-state index >= 15 is 0 Å². The van der Waals surface area contributed by atoms with Crippen molar-refractivity contribution in [2.45, 2.75) is 360 Å². The summed E-state index contributed by atoms with van der Waals surface area (Å²) in [5, 5.41) is 23.2. The summed E-state index contributed by atoms with van der Waals surface area (Å²) in [5.74, 6) is -0.0293. The van der Waals surface area contributed by atoms with Crippen LogP contribution in [-0.2, 0) is 14.3 Å². The van der Waals surface area contributed by atoms with Crippen LogP contribution in [0.3, 0.4) is 0 Å². The first kappa shape index (κ1) is 68.3. The van der Waals surface area contributed by atoms with E-state index in [0.717, 1.165) is 51.4 Å². The van der Waals surface area contributed by atoms with Crippen LogP contribution in [0.5, 0.6) is 0 Å². The maximum absolute atomic E-state index is 12.5. The Morgan fingerprint density at radius 3 is 1.10 bits per heavy atom. The third-order valence-electron chi connectivity index (χ3n) is 14.8. The smallest absolute Gasteiger partial charge is 0.305 e. The molecule has 70 heavy (non-hydrogen) atoms. The summed E-state index contributed by atoms with van der Waals surface area (Å²) in [6.45, 7) is 4.94. The van der Waals surface area contributed by atoms with Gasteiger partial charge in [-0.05, 0) is 57.8 Å². The summed E-state index contributed by atoms with van der Waals surface area (Å²) < 4.78 is 5.49. The number of carbonyl (C=O) groups excluding carboxylic acids is 2. The molecular weight excluding hydrogens is 863 g/mol. The average molecular weight is 987 g/mol. The molecule has 2 atom stereocenters. The van der Waals surface area contributed by atoms with Crippen molar-refractivity contribution in [3.8, 4) is 0 Å². The number of aliphatic hydroxyl groups excluding tert-OH is 2. The highest BCUT2D eigenvalue weighted by Crippen LogP contribution is 2.18. The van der Waals surface area contributed by atoms with Crippen molar-refractivity contribution in [3.05, 3.63) is 24.3 Å². The highest BCUT2D eigenvalue weighted by molar-refractivity contribution is 5.76. The molecule has 2 unspecified atom stereocenters. The predicted octanol–water partition coefficient (Wildman–Crippen LogP) is 19.8. The minimum absolute atomic E-state index is 0.00324. The molecule has 0 saturated heterocycles. The van der Waals surface area contributed by atoms with E-state index in [2.05, 4.69) is 43.5 Å². The molecule has 1 amide bonds. The lowest BCUT2D eigenvalue weighted by Gasteiger charge is -2.22. The highest BCUT2D eigenvalue weighted by Gasteiger charge is 2.20. The summed E-state index contributed by atoms with van der Waals surface area (Å²) >= 11 is 0. The lowest BCUT2D eigenvalue weighted by atomic mass is 10.0. The molecule has 0 radical (unpaired) electrons. The Morgan fingerprint density at radius 2 is 0.714 bits per heavy atom. The number of rotatable bonds is 59. The normalized spacial score (nSPS) is 12.7. The topological polar surface area (TPSA) is 95.9 Å². The zero-order chi connectivity index (χ0) is 50.7. The van der Waals surface area contributed by atoms with Gasteiger partial charge in [0.1, 0.15) is 0 Å². The maximum Gasteiger partial charge on any atom is 0.305 e. The van der Waals surface area contributed by atoms with Crippen LogP contribution >= 0.6 is 0 Å². The molecular formula is C64H123NO5. The van der Waals surface area contributed by atoms with Crippen molar-refractivity contribution in [2.24, 2.45) is 0 Å². The van der Waals surface area contributed by atoms with Crippen LogP contribution in [0, 0.1) is 0 Å². The molecule has 0 aromatic heterocycles. The molecule has 0 aliphatic heterocycles. The van der Waals surface area contributed by atoms with E-state index in [0.29, 0.717) is 25.9 Å². The van der Waals surface area contributed by atoms with Crippen molar-refractivity contribution in [2.75, 3.05) is 13.2 Å². The fourth-order valence-corrected chi connectivity index (χ4v) is 9.91. The van der Waals surface area contributed by atoms with E-state index in [1.165, 1.54) is 263 Å². The Labute approximate surface area is 437 Å². The molecule has 0 aliphatic carbocycles. The summed E-state index contributed by atoms with van der Waals surface area (Å²) in [6, 6.07) is -0.539. The van der Waals surface area contributed by atoms with Crippen LogP contribution in [0.4, 0.5) is 0 Å². The van der Waals surface area contributed by atoms with Crippen LogP contribution in [0.2, 0.25) is 0 Å². The SMILES string of the molecule is CCCCCC/C=C\C/C=C\CCCCCCCC(=O)OCCCCCCCCCCCCCCCCCCCCCCCCCCCC(=O)NC(CO)C(O)CCCCCCCCCCCCCC. The van der Waals surface area contributed by atoms with Gasteiger partial charge in [-0.1, -0.05) is 301 Å². The van der Waals surface area contributed by atoms with Crippen molar-refractivity contribution >= 4 is 11.9 Å². The number of esters is 1. The minimum Gasteiger partial charge on any atom is -0.466 e. The lowest BCUT2D eigenvalue weighted by Crippen LogP contribution is -2.45. The van der Waals surface area contributed by atoms with Crippen LogP contribution in [0.25, 0.3) is 0 Å². The van der Waals surface area contributed by atoms with Gasteiger partial charge in [0.15, 0.2) is 0 Å². The molecule has 0 aromatic rings. The van der Waals surface area contributed by atoms with Crippen molar-refractivity contribution < 1.29 is 24.5 Å². The van der Waals surface area contributed by atoms with E-state index < -0.39 is 12.1 Å². The van der Waals surface area contributed by atoms with Crippen molar-refractivity contribution in [1.29, 1.82) is 0 Å². The first-order chi connectivity index (χ1) is 34.5.